The van der Waals surface area contributed by atoms with E-state index >= 15 is 0 Å². The van der Waals surface area contributed by atoms with Gasteiger partial charge in [-0.1, -0.05) is 30.3 Å². The lowest BCUT2D eigenvalue weighted by Gasteiger charge is -2.34. The van der Waals surface area contributed by atoms with Crippen LogP contribution in [0, 0.1) is 0 Å². The molecule has 1 saturated heterocycles. The van der Waals surface area contributed by atoms with Crippen molar-refractivity contribution in [2.45, 2.75) is 38.3 Å². The zero-order valence-electron chi connectivity index (χ0n) is 18.6. The predicted octanol–water partition coefficient (Wildman–Crippen LogP) is 2.95. The van der Waals surface area contributed by atoms with Crippen molar-refractivity contribution in [2.75, 3.05) is 27.9 Å². The van der Waals surface area contributed by atoms with Gasteiger partial charge in [-0.05, 0) is 43.0 Å². The molecule has 0 aliphatic carbocycles. The summed E-state index contributed by atoms with van der Waals surface area (Å²) in [4.78, 5) is 27.3. The van der Waals surface area contributed by atoms with Crippen LogP contribution < -0.4 is 19.5 Å². The van der Waals surface area contributed by atoms with E-state index in [1.807, 2.05) is 49.4 Å². The fourth-order valence-electron chi connectivity index (χ4n) is 3.99. The van der Waals surface area contributed by atoms with E-state index in [1.165, 1.54) is 0 Å². The van der Waals surface area contributed by atoms with Crippen molar-refractivity contribution in [1.82, 2.24) is 10.2 Å². The molecule has 0 unspecified atom stereocenters. The maximum absolute atomic E-state index is 13.0. The normalized spacial score (nSPS) is 18.1. The van der Waals surface area contributed by atoms with E-state index in [0.717, 1.165) is 11.1 Å². The van der Waals surface area contributed by atoms with Crippen LogP contribution in [0.25, 0.3) is 0 Å². The molecule has 0 radical (unpaired) electrons. The van der Waals surface area contributed by atoms with Crippen molar-refractivity contribution in [1.29, 1.82) is 0 Å². The van der Waals surface area contributed by atoms with Crippen LogP contribution >= 0.6 is 0 Å². The van der Waals surface area contributed by atoms with Gasteiger partial charge in [0.2, 0.25) is 17.6 Å². The number of amides is 2. The van der Waals surface area contributed by atoms with Crippen molar-refractivity contribution < 1.29 is 23.8 Å². The Hall–Kier alpha value is -3.22. The minimum absolute atomic E-state index is 0.00944. The number of ether oxygens (including phenoxy) is 3. The van der Waals surface area contributed by atoms with Gasteiger partial charge in [-0.3, -0.25) is 9.59 Å². The van der Waals surface area contributed by atoms with E-state index in [2.05, 4.69) is 5.32 Å². The summed E-state index contributed by atoms with van der Waals surface area (Å²) in [6.45, 7) is 2.70. The van der Waals surface area contributed by atoms with Gasteiger partial charge in [-0.15, -0.1) is 0 Å². The summed E-state index contributed by atoms with van der Waals surface area (Å²) in [5, 5.41) is 2.99. The topological polar surface area (TPSA) is 77.1 Å². The van der Waals surface area contributed by atoms with Gasteiger partial charge in [-0.25, -0.2) is 0 Å². The van der Waals surface area contributed by atoms with Crippen LogP contribution in [0.3, 0.4) is 0 Å². The van der Waals surface area contributed by atoms with Crippen LogP contribution in [-0.2, 0) is 22.6 Å². The number of likely N-dealkylation sites (tertiary alicyclic amines) is 1. The highest BCUT2D eigenvalue weighted by molar-refractivity contribution is 5.94. The van der Waals surface area contributed by atoms with Crippen LogP contribution in [-0.4, -0.2) is 50.1 Å². The molecular weight excluding hydrogens is 396 g/mol. The Kier molecular flexibility index (Phi) is 7.05. The van der Waals surface area contributed by atoms with Crippen LogP contribution in [0.2, 0.25) is 0 Å². The van der Waals surface area contributed by atoms with E-state index in [0.29, 0.717) is 49.6 Å². The molecule has 2 aromatic carbocycles. The summed E-state index contributed by atoms with van der Waals surface area (Å²) in [5.41, 5.74) is 1.08. The van der Waals surface area contributed by atoms with Crippen molar-refractivity contribution in [3.63, 3.8) is 0 Å². The Labute approximate surface area is 183 Å². The van der Waals surface area contributed by atoms with Gasteiger partial charge in [0.25, 0.3) is 0 Å². The number of benzene rings is 2. The first-order valence-electron chi connectivity index (χ1n) is 10.3. The number of hydrogen-bond acceptors (Lipinski definition) is 5. The highest BCUT2D eigenvalue weighted by Gasteiger charge is 2.46. The average molecular weight is 427 g/mol. The monoisotopic (exact) mass is 426 g/mol. The number of hydrogen-bond donors (Lipinski definition) is 1. The maximum atomic E-state index is 13.0. The second kappa shape index (κ2) is 9.73. The Morgan fingerprint density at radius 3 is 2.26 bits per heavy atom. The lowest BCUT2D eigenvalue weighted by atomic mass is 9.97. The third kappa shape index (κ3) is 4.76. The largest absolute Gasteiger partial charge is 0.493 e. The van der Waals surface area contributed by atoms with Gasteiger partial charge in [0, 0.05) is 19.5 Å². The minimum atomic E-state index is -0.869. The summed E-state index contributed by atoms with van der Waals surface area (Å²) in [5.74, 6) is 1.51. The van der Waals surface area contributed by atoms with Crippen LogP contribution in [0.1, 0.15) is 30.9 Å². The lowest BCUT2D eigenvalue weighted by Crippen LogP contribution is -2.54. The number of carbonyl (C=O) groups excluding carboxylic acids is 2. The Morgan fingerprint density at radius 2 is 1.68 bits per heavy atom. The van der Waals surface area contributed by atoms with Gasteiger partial charge >= 0.3 is 0 Å². The number of methoxy groups -OCH3 is 3. The summed E-state index contributed by atoms with van der Waals surface area (Å²) in [6.07, 6.45) is 1.43. The van der Waals surface area contributed by atoms with Gasteiger partial charge in [0.05, 0.1) is 21.3 Å². The van der Waals surface area contributed by atoms with E-state index in [9.17, 15) is 9.59 Å². The fraction of sp³-hybridized carbons (Fsp3) is 0.417. The minimum Gasteiger partial charge on any atom is -0.493 e. The standard InChI is InChI=1S/C24H30N2O5/c1-24(23(28)25-16-17-8-6-5-7-9-17)12-10-21(27)26(24)13-11-18-14-19(29-2)22(31-4)20(15-18)30-3/h5-9,14-15H,10-13,16H2,1-4H3,(H,25,28)/t24-/m1/s1. The molecule has 31 heavy (non-hydrogen) atoms. The van der Waals surface area contributed by atoms with Gasteiger partial charge < -0.3 is 24.4 Å². The first kappa shape index (κ1) is 22.5. The molecule has 1 atom stereocenters. The molecule has 1 aliphatic heterocycles. The molecule has 0 saturated carbocycles. The number of carbonyl (C=O) groups is 2. The van der Waals surface area contributed by atoms with E-state index in [4.69, 9.17) is 14.2 Å². The summed E-state index contributed by atoms with van der Waals surface area (Å²) in [7, 11) is 4.70. The molecule has 7 nitrogen and oxygen atoms in total. The highest BCUT2D eigenvalue weighted by Crippen LogP contribution is 2.38. The average Bonchev–Trinajstić information content (AvgIpc) is 3.10. The van der Waals surface area contributed by atoms with E-state index < -0.39 is 5.54 Å². The molecule has 1 heterocycles. The van der Waals surface area contributed by atoms with Crippen LogP contribution in [0.4, 0.5) is 0 Å². The quantitative estimate of drug-likeness (QED) is 0.667. The molecule has 2 amide bonds. The third-order valence-corrected chi connectivity index (χ3v) is 5.86. The Morgan fingerprint density at radius 1 is 1.03 bits per heavy atom. The zero-order valence-corrected chi connectivity index (χ0v) is 18.6. The third-order valence-electron chi connectivity index (χ3n) is 5.86. The summed E-state index contributed by atoms with van der Waals surface area (Å²) in [6, 6.07) is 13.5. The maximum Gasteiger partial charge on any atom is 0.245 e. The number of rotatable bonds is 9. The lowest BCUT2D eigenvalue weighted by molar-refractivity contribution is -0.140. The second-order valence-corrected chi connectivity index (χ2v) is 7.77. The molecule has 7 heteroatoms. The summed E-state index contributed by atoms with van der Waals surface area (Å²) < 4.78 is 16.2. The molecule has 0 bridgehead atoms. The van der Waals surface area contributed by atoms with Crippen molar-refractivity contribution in [3.05, 3.63) is 53.6 Å². The van der Waals surface area contributed by atoms with Crippen LogP contribution in [0.15, 0.2) is 42.5 Å². The second-order valence-electron chi connectivity index (χ2n) is 7.77. The Bertz CT molecular complexity index is 906. The molecular formula is C24H30N2O5. The van der Waals surface area contributed by atoms with Crippen LogP contribution in [0.5, 0.6) is 17.2 Å². The van der Waals surface area contributed by atoms with E-state index in [1.54, 1.807) is 26.2 Å². The number of nitrogens with zero attached hydrogens (tertiary/aromatic N) is 1. The SMILES string of the molecule is COc1cc(CCN2C(=O)CC[C@]2(C)C(=O)NCc2ccccc2)cc(OC)c1OC. The smallest absolute Gasteiger partial charge is 0.245 e. The van der Waals surface area contributed by atoms with Crippen molar-refractivity contribution >= 4 is 11.8 Å². The van der Waals surface area contributed by atoms with Gasteiger partial charge in [0.15, 0.2) is 11.5 Å². The first-order chi connectivity index (χ1) is 14.9. The zero-order chi connectivity index (χ0) is 22.4. The van der Waals surface area contributed by atoms with Crippen molar-refractivity contribution in [3.8, 4) is 17.2 Å². The first-order valence-corrected chi connectivity index (χ1v) is 10.3. The molecule has 3 rings (SSSR count). The molecule has 1 fully saturated rings. The highest BCUT2D eigenvalue weighted by atomic mass is 16.5. The van der Waals surface area contributed by atoms with Crippen molar-refractivity contribution in [2.24, 2.45) is 0 Å². The Balaban J connectivity index is 1.72. The molecule has 0 aromatic heterocycles. The molecule has 2 aromatic rings. The van der Waals surface area contributed by atoms with Gasteiger partial charge in [0.1, 0.15) is 5.54 Å². The fourth-order valence-corrected chi connectivity index (χ4v) is 3.99. The van der Waals surface area contributed by atoms with E-state index in [-0.39, 0.29) is 11.8 Å². The molecule has 0 spiro atoms. The van der Waals surface area contributed by atoms with Gasteiger partial charge in [-0.2, -0.15) is 0 Å². The predicted molar refractivity (Wildman–Crippen MR) is 117 cm³/mol. The molecule has 1 aliphatic rings. The summed E-state index contributed by atoms with van der Waals surface area (Å²) >= 11 is 0. The molecule has 166 valence electrons. The number of nitrogens with one attached hydrogen (secondary N) is 1. The molecule has 1 N–H and O–H groups in total.